The first-order valence-electron chi connectivity index (χ1n) is 4.92. The molecule has 82 valence electrons. The second kappa shape index (κ2) is 5.01. The van der Waals surface area contributed by atoms with Gasteiger partial charge in [-0.2, -0.15) is 0 Å². The lowest BCUT2D eigenvalue weighted by atomic mass is 10.2. The topological polar surface area (TPSA) is 29.5 Å². The van der Waals surface area contributed by atoms with Crippen molar-refractivity contribution in [3.05, 3.63) is 59.1 Å². The van der Waals surface area contributed by atoms with Crippen LogP contribution in [0.2, 0.25) is 5.02 Å². The van der Waals surface area contributed by atoms with Crippen LogP contribution in [0.1, 0.15) is 5.56 Å². The summed E-state index contributed by atoms with van der Waals surface area (Å²) < 4.78 is 5.61. The van der Waals surface area contributed by atoms with Crippen LogP contribution in [-0.2, 0) is 6.61 Å². The van der Waals surface area contributed by atoms with Crippen molar-refractivity contribution in [3.8, 4) is 11.5 Å². The summed E-state index contributed by atoms with van der Waals surface area (Å²) in [5, 5.41) is 9.55. The summed E-state index contributed by atoms with van der Waals surface area (Å²) in [7, 11) is 0. The molecular formula is C13H11ClO2. The van der Waals surface area contributed by atoms with Gasteiger partial charge in [-0.25, -0.2) is 0 Å². The molecule has 0 aliphatic heterocycles. The number of halogens is 1. The normalized spacial score (nSPS) is 10.1. The number of benzene rings is 2. The molecule has 0 amide bonds. The molecule has 0 bridgehead atoms. The van der Waals surface area contributed by atoms with Gasteiger partial charge >= 0.3 is 0 Å². The lowest BCUT2D eigenvalue weighted by Gasteiger charge is -2.08. The first-order chi connectivity index (χ1) is 7.79. The van der Waals surface area contributed by atoms with Crippen molar-refractivity contribution in [2.24, 2.45) is 0 Å². The van der Waals surface area contributed by atoms with E-state index in [1.165, 1.54) is 0 Å². The largest absolute Gasteiger partial charge is 0.456 e. The van der Waals surface area contributed by atoms with Gasteiger partial charge in [-0.1, -0.05) is 35.9 Å². The maximum absolute atomic E-state index is 9.02. The third kappa shape index (κ3) is 2.54. The number of para-hydroxylation sites is 1. The fourth-order valence-corrected chi connectivity index (χ4v) is 1.50. The molecule has 0 fully saturated rings. The van der Waals surface area contributed by atoms with Gasteiger partial charge in [0.25, 0.3) is 0 Å². The van der Waals surface area contributed by atoms with E-state index >= 15 is 0 Å². The summed E-state index contributed by atoms with van der Waals surface area (Å²) in [5.41, 5.74) is 0.773. The maximum atomic E-state index is 9.02. The predicted octanol–water partition coefficient (Wildman–Crippen LogP) is 3.62. The first-order valence-corrected chi connectivity index (χ1v) is 5.29. The van der Waals surface area contributed by atoms with Gasteiger partial charge in [0.1, 0.15) is 11.5 Å². The van der Waals surface area contributed by atoms with Crippen molar-refractivity contribution < 1.29 is 9.84 Å². The molecular weight excluding hydrogens is 224 g/mol. The zero-order valence-corrected chi connectivity index (χ0v) is 9.32. The highest BCUT2D eigenvalue weighted by Crippen LogP contribution is 2.30. The van der Waals surface area contributed by atoms with E-state index in [0.717, 1.165) is 11.3 Å². The number of aliphatic hydroxyl groups excluding tert-OH is 1. The number of hydrogen-bond donors (Lipinski definition) is 1. The second-order valence-corrected chi connectivity index (χ2v) is 3.75. The van der Waals surface area contributed by atoms with Crippen molar-refractivity contribution in [2.75, 3.05) is 0 Å². The highest BCUT2D eigenvalue weighted by molar-refractivity contribution is 6.32. The van der Waals surface area contributed by atoms with Gasteiger partial charge < -0.3 is 9.84 Å². The van der Waals surface area contributed by atoms with E-state index in [-0.39, 0.29) is 6.61 Å². The molecule has 16 heavy (non-hydrogen) atoms. The molecule has 0 saturated carbocycles. The molecule has 3 heteroatoms. The van der Waals surface area contributed by atoms with E-state index in [4.69, 9.17) is 21.4 Å². The molecule has 2 aromatic rings. The number of hydrogen-bond acceptors (Lipinski definition) is 2. The van der Waals surface area contributed by atoms with Crippen molar-refractivity contribution >= 4 is 11.6 Å². The summed E-state index contributed by atoms with van der Waals surface area (Å²) in [5.74, 6) is 1.28. The Hall–Kier alpha value is -1.51. The van der Waals surface area contributed by atoms with Gasteiger partial charge in [0.15, 0.2) is 0 Å². The van der Waals surface area contributed by atoms with Crippen LogP contribution in [0.4, 0.5) is 0 Å². The van der Waals surface area contributed by atoms with E-state index in [0.29, 0.717) is 10.8 Å². The molecule has 0 atom stereocenters. The SMILES string of the molecule is OCc1ccc(Cl)c(Oc2ccccc2)c1. The minimum Gasteiger partial charge on any atom is -0.456 e. The van der Waals surface area contributed by atoms with E-state index in [9.17, 15) is 0 Å². The van der Waals surface area contributed by atoms with E-state index in [1.54, 1.807) is 18.2 Å². The molecule has 0 spiro atoms. The molecule has 2 aromatic carbocycles. The van der Waals surface area contributed by atoms with Crippen LogP contribution < -0.4 is 4.74 Å². The highest BCUT2D eigenvalue weighted by Gasteiger charge is 2.04. The van der Waals surface area contributed by atoms with Crippen LogP contribution in [0, 0.1) is 0 Å². The third-order valence-electron chi connectivity index (χ3n) is 2.15. The summed E-state index contributed by atoms with van der Waals surface area (Å²) in [6.45, 7) is -0.0255. The quantitative estimate of drug-likeness (QED) is 0.879. The molecule has 0 unspecified atom stereocenters. The summed E-state index contributed by atoms with van der Waals surface area (Å²) in [6, 6.07) is 14.6. The van der Waals surface area contributed by atoms with Gasteiger partial charge in [-0.3, -0.25) is 0 Å². The Morgan fingerprint density at radius 1 is 1.06 bits per heavy atom. The average molecular weight is 235 g/mol. The van der Waals surface area contributed by atoms with Gasteiger partial charge in [-0.15, -0.1) is 0 Å². The van der Waals surface area contributed by atoms with E-state index < -0.39 is 0 Å². The minimum absolute atomic E-state index is 0.0255. The van der Waals surface area contributed by atoms with Crippen molar-refractivity contribution in [1.82, 2.24) is 0 Å². The highest BCUT2D eigenvalue weighted by atomic mass is 35.5. The molecule has 1 N–H and O–H groups in total. The Morgan fingerprint density at radius 3 is 2.50 bits per heavy atom. The average Bonchev–Trinajstić information content (AvgIpc) is 2.33. The van der Waals surface area contributed by atoms with Crippen LogP contribution >= 0.6 is 11.6 Å². The smallest absolute Gasteiger partial charge is 0.146 e. The fraction of sp³-hybridized carbons (Fsp3) is 0.0769. The van der Waals surface area contributed by atoms with Crippen LogP contribution in [0.15, 0.2) is 48.5 Å². The Balaban J connectivity index is 2.27. The van der Waals surface area contributed by atoms with Gasteiger partial charge in [0.05, 0.1) is 11.6 Å². The lowest BCUT2D eigenvalue weighted by Crippen LogP contribution is -1.88. The molecule has 0 radical (unpaired) electrons. The summed E-state index contributed by atoms with van der Waals surface area (Å²) in [6.07, 6.45) is 0. The minimum atomic E-state index is -0.0255. The zero-order valence-electron chi connectivity index (χ0n) is 8.56. The lowest BCUT2D eigenvalue weighted by molar-refractivity contribution is 0.281. The van der Waals surface area contributed by atoms with Crippen LogP contribution in [0.5, 0.6) is 11.5 Å². The summed E-state index contributed by atoms with van der Waals surface area (Å²) >= 11 is 6.00. The molecule has 2 rings (SSSR count). The van der Waals surface area contributed by atoms with E-state index in [2.05, 4.69) is 0 Å². The Bertz CT molecular complexity index is 469. The Labute approximate surface area is 99.1 Å². The Morgan fingerprint density at radius 2 is 1.81 bits per heavy atom. The third-order valence-corrected chi connectivity index (χ3v) is 2.46. The first kappa shape index (κ1) is 11.0. The van der Waals surface area contributed by atoms with E-state index in [1.807, 2.05) is 30.3 Å². The molecule has 2 nitrogen and oxygen atoms in total. The molecule has 0 aliphatic carbocycles. The molecule has 0 saturated heterocycles. The van der Waals surface area contributed by atoms with Crippen molar-refractivity contribution in [2.45, 2.75) is 6.61 Å². The summed E-state index contributed by atoms with van der Waals surface area (Å²) in [4.78, 5) is 0. The monoisotopic (exact) mass is 234 g/mol. The molecule has 0 aliphatic rings. The van der Waals surface area contributed by atoms with Crippen LogP contribution in [-0.4, -0.2) is 5.11 Å². The van der Waals surface area contributed by atoms with Gasteiger partial charge in [-0.05, 0) is 29.8 Å². The van der Waals surface area contributed by atoms with Crippen molar-refractivity contribution in [3.63, 3.8) is 0 Å². The maximum Gasteiger partial charge on any atom is 0.146 e. The predicted molar refractivity (Wildman–Crippen MR) is 63.9 cm³/mol. The second-order valence-electron chi connectivity index (χ2n) is 3.34. The van der Waals surface area contributed by atoms with Gasteiger partial charge in [0.2, 0.25) is 0 Å². The number of aliphatic hydroxyl groups is 1. The Kier molecular flexibility index (Phi) is 3.44. The van der Waals surface area contributed by atoms with Crippen LogP contribution in [0.3, 0.4) is 0 Å². The van der Waals surface area contributed by atoms with Crippen molar-refractivity contribution in [1.29, 1.82) is 0 Å². The number of rotatable bonds is 3. The zero-order chi connectivity index (χ0) is 11.4. The molecule has 0 aromatic heterocycles. The van der Waals surface area contributed by atoms with Crippen LogP contribution in [0.25, 0.3) is 0 Å². The molecule has 0 heterocycles. The fourth-order valence-electron chi connectivity index (χ4n) is 1.34. The standard InChI is InChI=1S/C13H11ClO2/c14-12-7-6-10(9-15)8-13(12)16-11-4-2-1-3-5-11/h1-8,15H,9H2. The van der Waals surface area contributed by atoms with Gasteiger partial charge in [0, 0.05) is 0 Å². The number of ether oxygens (including phenoxy) is 1.